The summed E-state index contributed by atoms with van der Waals surface area (Å²) >= 11 is 0. The Kier molecular flexibility index (Phi) is 4.05. The van der Waals surface area contributed by atoms with Crippen LogP contribution in [0.5, 0.6) is 0 Å². The van der Waals surface area contributed by atoms with Gasteiger partial charge in [0, 0.05) is 30.4 Å². The molecule has 82 valence electrons. The highest BCUT2D eigenvalue weighted by molar-refractivity contribution is 5.53. The average molecular weight is 209 g/mol. The lowest BCUT2D eigenvalue weighted by atomic mass is 10.2. The third-order valence-electron chi connectivity index (χ3n) is 2.10. The molecule has 0 aliphatic heterocycles. The van der Waals surface area contributed by atoms with Crippen molar-refractivity contribution in [1.29, 1.82) is 0 Å². The van der Waals surface area contributed by atoms with Crippen molar-refractivity contribution in [3.63, 3.8) is 0 Å². The highest BCUT2D eigenvalue weighted by Crippen LogP contribution is 2.21. The number of rotatable bonds is 5. The first kappa shape index (κ1) is 11.5. The van der Waals surface area contributed by atoms with Gasteiger partial charge >= 0.3 is 0 Å². The Labute approximate surface area is 88.6 Å². The molecule has 0 aromatic heterocycles. The van der Waals surface area contributed by atoms with E-state index in [2.05, 4.69) is 10.6 Å². The zero-order valence-corrected chi connectivity index (χ0v) is 8.91. The third-order valence-corrected chi connectivity index (χ3v) is 2.10. The van der Waals surface area contributed by atoms with Crippen LogP contribution in [0, 0.1) is 17.0 Å². The zero-order valence-electron chi connectivity index (χ0n) is 8.91. The van der Waals surface area contributed by atoms with Crippen molar-refractivity contribution in [2.24, 2.45) is 0 Å². The second-order valence-electron chi connectivity index (χ2n) is 3.29. The molecule has 0 bridgehead atoms. The van der Waals surface area contributed by atoms with E-state index in [0.29, 0.717) is 5.56 Å². The predicted molar refractivity (Wildman–Crippen MR) is 60.2 cm³/mol. The van der Waals surface area contributed by atoms with Gasteiger partial charge in [-0.3, -0.25) is 10.1 Å². The largest absolute Gasteiger partial charge is 0.384 e. The molecular weight excluding hydrogens is 194 g/mol. The highest BCUT2D eigenvalue weighted by atomic mass is 16.6. The van der Waals surface area contributed by atoms with Gasteiger partial charge in [-0.1, -0.05) is 0 Å². The Hall–Kier alpha value is -1.62. The molecule has 0 saturated heterocycles. The number of hydrogen-bond donors (Lipinski definition) is 2. The minimum Gasteiger partial charge on any atom is -0.384 e. The summed E-state index contributed by atoms with van der Waals surface area (Å²) in [5.41, 5.74) is 1.75. The van der Waals surface area contributed by atoms with Gasteiger partial charge in [0.15, 0.2) is 0 Å². The van der Waals surface area contributed by atoms with E-state index in [1.165, 1.54) is 6.07 Å². The van der Waals surface area contributed by atoms with Crippen LogP contribution in [0.4, 0.5) is 11.4 Å². The molecule has 0 aliphatic carbocycles. The summed E-state index contributed by atoms with van der Waals surface area (Å²) in [4.78, 5) is 10.2. The van der Waals surface area contributed by atoms with Gasteiger partial charge in [-0.15, -0.1) is 0 Å². The van der Waals surface area contributed by atoms with Crippen molar-refractivity contribution in [2.75, 3.05) is 25.5 Å². The van der Waals surface area contributed by atoms with Gasteiger partial charge in [-0.2, -0.15) is 0 Å². The number of likely N-dealkylation sites (N-methyl/N-ethyl adjacent to an activating group) is 1. The molecule has 0 atom stereocenters. The molecule has 1 aromatic carbocycles. The van der Waals surface area contributed by atoms with Crippen LogP contribution in [0.1, 0.15) is 5.56 Å². The van der Waals surface area contributed by atoms with Crippen LogP contribution in [0.15, 0.2) is 18.2 Å². The van der Waals surface area contributed by atoms with E-state index in [9.17, 15) is 10.1 Å². The maximum absolute atomic E-state index is 10.6. The van der Waals surface area contributed by atoms with Gasteiger partial charge in [-0.25, -0.2) is 0 Å². The van der Waals surface area contributed by atoms with Crippen molar-refractivity contribution >= 4 is 11.4 Å². The summed E-state index contributed by atoms with van der Waals surface area (Å²) in [5.74, 6) is 0. The van der Waals surface area contributed by atoms with Crippen molar-refractivity contribution in [1.82, 2.24) is 5.32 Å². The maximum Gasteiger partial charge on any atom is 0.272 e. The fourth-order valence-electron chi connectivity index (χ4n) is 1.30. The number of nitrogens with zero attached hydrogens (tertiary/aromatic N) is 1. The first-order valence-corrected chi connectivity index (χ1v) is 4.78. The normalized spacial score (nSPS) is 10.0. The SMILES string of the molecule is CNCCNc1ccc([N+](=O)[O-])c(C)c1. The van der Waals surface area contributed by atoms with Crippen LogP contribution < -0.4 is 10.6 Å². The smallest absolute Gasteiger partial charge is 0.272 e. The Balaban J connectivity index is 2.69. The summed E-state index contributed by atoms with van der Waals surface area (Å²) in [7, 11) is 1.88. The minimum atomic E-state index is -0.368. The molecule has 15 heavy (non-hydrogen) atoms. The predicted octanol–water partition coefficient (Wildman–Crippen LogP) is 1.53. The van der Waals surface area contributed by atoms with Crippen LogP contribution in [-0.4, -0.2) is 25.1 Å². The van der Waals surface area contributed by atoms with Crippen molar-refractivity contribution in [3.05, 3.63) is 33.9 Å². The molecule has 0 unspecified atom stereocenters. The Morgan fingerprint density at radius 3 is 2.67 bits per heavy atom. The van der Waals surface area contributed by atoms with Crippen LogP contribution in [-0.2, 0) is 0 Å². The number of nitro benzene ring substituents is 1. The first-order chi connectivity index (χ1) is 7.15. The van der Waals surface area contributed by atoms with Crippen LogP contribution >= 0.6 is 0 Å². The summed E-state index contributed by atoms with van der Waals surface area (Å²) in [6.45, 7) is 3.39. The lowest BCUT2D eigenvalue weighted by molar-refractivity contribution is -0.385. The number of benzene rings is 1. The van der Waals surface area contributed by atoms with Gasteiger partial charge in [-0.05, 0) is 26.1 Å². The van der Waals surface area contributed by atoms with Crippen molar-refractivity contribution in [3.8, 4) is 0 Å². The molecule has 5 nitrogen and oxygen atoms in total. The highest BCUT2D eigenvalue weighted by Gasteiger charge is 2.09. The molecule has 1 rings (SSSR count). The number of aryl methyl sites for hydroxylation is 1. The van der Waals surface area contributed by atoms with Crippen LogP contribution in [0.25, 0.3) is 0 Å². The zero-order chi connectivity index (χ0) is 11.3. The minimum absolute atomic E-state index is 0.161. The van der Waals surface area contributed by atoms with Crippen LogP contribution in [0.3, 0.4) is 0 Å². The molecule has 0 heterocycles. The van der Waals surface area contributed by atoms with Crippen molar-refractivity contribution < 1.29 is 4.92 Å². The molecule has 2 N–H and O–H groups in total. The summed E-state index contributed by atoms with van der Waals surface area (Å²) in [6.07, 6.45) is 0. The summed E-state index contributed by atoms with van der Waals surface area (Å²) in [5, 5.41) is 16.7. The van der Waals surface area contributed by atoms with Gasteiger partial charge in [0.2, 0.25) is 0 Å². The summed E-state index contributed by atoms with van der Waals surface area (Å²) < 4.78 is 0. The van der Waals surface area contributed by atoms with E-state index in [-0.39, 0.29) is 10.6 Å². The van der Waals surface area contributed by atoms with Gasteiger partial charge < -0.3 is 10.6 Å². The van der Waals surface area contributed by atoms with E-state index in [1.807, 2.05) is 7.05 Å². The lowest BCUT2D eigenvalue weighted by Gasteiger charge is -2.06. The molecule has 0 aliphatic rings. The van der Waals surface area contributed by atoms with Gasteiger partial charge in [0.25, 0.3) is 5.69 Å². The maximum atomic E-state index is 10.6. The van der Waals surface area contributed by atoms with Gasteiger partial charge in [0.1, 0.15) is 0 Å². The number of nitro groups is 1. The third kappa shape index (κ3) is 3.21. The monoisotopic (exact) mass is 209 g/mol. The molecule has 0 spiro atoms. The summed E-state index contributed by atoms with van der Waals surface area (Å²) in [6, 6.07) is 5.03. The van der Waals surface area contributed by atoms with E-state index in [1.54, 1.807) is 19.1 Å². The van der Waals surface area contributed by atoms with Crippen LogP contribution in [0.2, 0.25) is 0 Å². The average Bonchev–Trinajstić information content (AvgIpc) is 2.17. The van der Waals surface area contributed by atoms with Crippen molar-refractivity contribution in [2.45, 2.75) is 6.92 Å². The lowest BCUT2D eigenvalue weighted by Crippen LogP contribution is -2.17. The Bertz CT molecular complexity index is 353. The molecule has 0 amide bonds. The molecular formula is C10H15N3O2. The number of nitrogens with one attached hydrogen (secondary N) is 2. The fourth-order valence-corrected chi connectivity index (χ4v) is 1.30. The van der Waals surface area contributed by atoms with E-state index >= 15 is 0 Å². The van der Waals surface area contributed by atoms with E-state index < -0.39 is 0 Å². The Morgan fingerprint density at radius 2 is 2.13 bits per heavy atom. The molecule has 1 aromatic rings. The fraction of sp³-hybridized carbons (Fsp3) is 0.400. The number of anilines is 1. The topological polar surface area (TPSA) is 67.2 Å². The molecule has 0 radical (unpaired) electrons. The molecule has 0 fully saturated rings. The first-order valence-electron chi connectivity index (χ1n) is 4.78. The van der Waals surface area contributed by atoms with Gasteiger partial charge in [0.05, 0.1) is 4.92 Å². The Morgan fingerprint density at radius 1 is 1.40 bits per heavy atom. The second kappa shape index (κ2) is 5.31. The number of hydrogen-bond acceptors (Lipinski definition) is 4. The molecule has 5 heteroatoms. The molecule has 0 saturated carbocycles. The second-order valence-corrected chi connectivity index (χ2v) is 3.29. The van der Waals surface area contributed by atoms with E-state index in [4.69, 9.17) is 0 Å². The van der Waals surface area contributed by atoms with E-state index in [0.717, 1.165) is 18.8 Å². The standard InChI is InChI=1S/C10H15N3O2/c1-8-7-9(12-6-5-11-2)3-4-10(8)13(14)15/h3-4,7,11-12H,5-6H2,1-2H3. The quantitative estimate of drug-likeness (QED) is 0.438.